The van der Waals surface area contributed by atoms with E-state index in [-0.39, 0.29) is 5.91 Å². The van der Waals surface area contributed by atoms with Crippen LogP contribution in [0.15, 0.2) is 88.9 Å². The highest BCUT2D eigenvalue weighted by Crippen LogP contribution is 2.39. The fourth-order valence-electron chi connectivity index (χ4n) is 3.08. The van der Waals surface area contributed by atoms with Crippen LogP contribution in [0.4, 0.5) is 5.69 Å². The molecule has 3 aromatic rings. The maximum atomic E-state index is 13.3. The SMILES string of the molecule is O=C1C(=Cc2ccc(Br)cc2)C=C(c2ccccc2)N1c1ccc(Cl)cc1Cl. The van der Waals surface area contributed by atoms with E-state index in [2.05, 4.69) is 15.9 Å². The highest BCUT2D eigenvalue weighted by atomic mass is 79.9. The second-order valence-corrected chi connectivity index (χ2v) is 8.04. The third-order valence-corrected chi connectivity index (χ3v) is 5.46. The first-order valence-corrected chi connectivity index (χ1v) is 10.1. The zero-order valence-electron chi connectivity index (χ0n) is 14.6. The van der Waals surface area contributed by atoms with Gasteiger partial charge in [0.15, 0.2) is 0 Å². The van der Waals surface area contributed by atoms with Gasteiger partial charge in [-0.25, -0.2) is 0 Å². The third kappa shape index (κ3) is 3.79. The molecule has 1 heterocycles. The van der Waals surface area contributed by atoms with Crippen molar-refractivity contribution in [1.29, 1.82) is 0 Å². The van der Waals surface area contributed by atoms with Crippen LogP contribution >= 0.6 is 39.1 Å². The summed E-state index contributed by atoms with van der Waals surface area (Å²) in [5, 5.41) is 0.948. The van der Waals surface area contributed by atoms with Crippen molar-refractivity contribution >= 4 is 62.5 Å². The predicted octanol–water partition coefficient (Wildman–Crippen LogP) is 7.23. The van der Waals surface area contributed by atoms with Gasteiger partial charge in [-0.15, -0.1) is 0 Å². The second-order valence-electron chi connectivity index (χ2n) is 6.28. The molecule has 5 heteroatoms. The predicted molar refractivity (Wildman–Crippen MR) is 120 cm³/mol. The first-order chi connectivity index (χ1) is 13.5. The van der Waals surface area contributed by atoms with Gasteiger partial charge in [0.25, 0.3) is 5.91 Å². The Morgan fingerprint density at radius 2 is 1.61 bits per heavy atom. The smallest absolute Gasteiger partial charge is 0.262 e. The molecular weight excluding hydrogens is 457 g/mol. The number of hydrogen-bond donors (Lipinski definition) is 0. The maximum absolute atomic E-state index is 13.3. The van der Waals surface area contributed by atoms with Crippen LogP contribution in [-0.2, 0) is 4.79 Å². The van der Waals surface area contributed by atoms with Gasteiger partial charge in [-0.2, -0.15) is 0 Å². The molecule has 4 rings (SSSR count). The Labute approximate surface area is 181 Å². The molecule has 0 N–H and O–H groups in total. The van der Waals surface area contributed by atoms with Gasteiger partial charge < -0.3 is 0 Å². The highest BCUT2D eigenvalue weighted by Gasteiger charge is 2.31. The Balaban J connectivity index is 1.84. The molecule has 2 nitrogen and oxygen atoms in total. The maximum Gasteiger partial charge on any atom is 0.262 e. The standard InChI is InChI=1S/C23H14BrCl2NO/c24-18-8-6-15(7-9-18)12-17-13-22(16-4-2-1-3-5-16)27(23(17)28)21-11-10-19(25)14-20(21)26/h1-14H. The molecule has 3 aromatic carbocycles. The fraction of sp³-hybridized carbons (Fsp3) is 0. The molecule has 0 spiro atoms. The summed E-state index contributed by atoms with van der Waals surface area (Å²) < 4.78 is 0.988. The Hall–Kier alpha value is -2.33. The van der Waals surface area contributed by atoms with Crippen LogP contribution in [-0.4, -0.2) is 5.91 Å². The largest absolute Gasteiger partial charge is 0.275 e. The van der Waals surface area contributed by atoms with Gasteiger partial charge in [0.1, 0.15) is 0 Å². The lowest BCUT2D eigenvalue weighted by molar-refractivity contribution is -0.113. The first-order valence-electron chi connectivity index (χ1n) is 8.57. The molecule has 0 saturated heterocycles. The van der Waals surface area contributed by atoms with Crippen LogP contribution in [0, 0.1) is 0 Å². The van der Waals surface area contributed by atoms with Gasteiger partial charge >= 0.3 is 0 Å². The number of anilines is 1. The highest BCUT2D eigenvalue weighted by molar-refractivity contribution is 9.10. The van der Waals surface area contributed by atoms with Gasteiger partial charge in [-0.1, -0.05) is 81.6 Å². The number of amides is 1. The number of hydrogen-bond acceptors (Lipinski definition) is 1. The van der Waals surface area contributed by atoms with Crippen molar-refractivity contribution in [3.05, 3.63) is 110 Å². The average Bonchev–Trinajstić information content (AvgIpc) is 3.01. The molecule has 0 aromatic heterocycles. The van der Waals surface area contributed by atoms with Crippen LogP contribution in [0.5, 0.6) is 0 Å². The zero-order chi connectivity index (χ0) is 19.7. The number of carbonyl (C=O) groups is 1. The van der Waals surface area contributed by atoms with Crippen LogP contribution in [0.3, 0.4) is 0 Å². The topological polar surface area (TPSA) is 20.3 Å². The molecule has 0 atom stereocenters. The van der Waals surface area contributed by atoms with E-state index in [1.54, 1.807) is 23.1 Å². The molecule has 1 aliphatic rings. The van der Waals surface area contributed by atoms with Gasteiger partial charge in [0, 0.05) is 15.1 Å². The molecule has 0 aliphatic carbocycles. The minimum Gasteiger partial charge on any atom is -0.275 e. The summed E-state index contributed by atoms with van der Waals surface area (Å²) in [5.74, 6) is -0.133. The quantitative estimate of drug-likeness (QED) is 0.370. The van der Waals surface area contributed by atoms with E-state index >= 15 is 0 Å². The van der Waals surface area contributed by atoms with Crippen molar-refractivity contribution in [2.75, 3.05) is 4.90 Å². The van der Waals surface area contributed by atoms with E-state index < -0.39 is 0 Å². The fourth-order valence-corrected chi connectivity index (χ4v) is 3.83. The van der Waals surface area contributed by atoms with E-state index in [0.717, 1.165) is 21.3 Å². The summed E-state index contributed by atoms with van der Waals surface area (Å²) >= 11 is 15.9. The molecule has 0 unspecified atom stereocenters. The Bertz CT molecular complexity index is 1110. The van der Waals surface area contributed by atoms with Gasteiger partial charge in [0.05, 0.1) is 16.4 Å². The minimum atomic E-state index is -0.133. The summed E-state index contributed by atoms with van der Waals surface area (Å²) in [6.45, 7) is 0. The van der Waals surface area contributed by atoms with E-state index in [9.17, 15) is 4.79 Å². The van der Waals surface area contributed by atoms with E-state index in [0.29, 0.717) is 21.3 Å². The number of carbonyl (C=O) groups excluding carboxylic acids is 1. The van der Waals surface area contributed by atoms with Gasteiger partial charge in [0.2, 0.25) is 0 Å². The first kappa shape index (κ1) is 19.0. The summed E-state index contributed by atoms with van der Waals surface area (Å²) in [6.07, 6.45) is 3.77. The lowest BCUT2D eigenvalue weighted by atomic mass is 10.1. The molecule has 1 amide bonds. The summed E-state index contributed by atoms with van der Waals surface area (Å²) in [7, 11) is 0. The number of benzene rings is 3. The lowest BCUT2D eigenvalue weighted by Crippen LogP contribution is -2.25. The number of rotatable bonds is 3. The van der Waals surface area contributed by atoms with Crippen LogP contribution in [0.1, 0.15) is 11.1 Å². The summed E-state index contributed by atoms with van der Waals surface area (Å²) in [5.41, 5.74) is 3.84. The van der Waals surface area contributed by atoms with Gasteiger partial charge in [-0.3, -0.25) is 9.69 Å². The van der Waals surface area contributed by atoms with Crippen molar-refractivity contribution < 1.29 is 4.79 Å². The average molecular weight is 471 g/mol. The Kier molecular flexibility index (Phi) is 5.40. The minimum absolute atomic E-state index is 0.133. The number of nitrogens with zero attached hydrogens (tertiary/aromatic N) is 1. The van der Waals surface area contributed by atoms with Crippen molar-refractivity contribution in [3.63, 3.8) is 0 Å². The molecule has 0 radical (unpaired) electrons. The van der Waals surface area contributed by atoms with Crippen molar-refractivity contribution in [3.8, 4) is 0 Å². The Morgan fingerprint density at radius 3 is 2.29 bits per heavy atom. The van der Waals surface area contributed by atoms with Crippen LogP contribution < -0.4 is 4.90 Å². The summed E-state index contributed by atoms with van der Waals surface area (Å²) in [6, 6.07) is 22.7. The van der Waals surface area contributed by atoms with E-state index in [4.69, 9.17) is 23.2 Å². The Morgan fingerprint density at radius 1 is 0.893 bits per heavy atom. The van der Waals surface area contributed by atoms with E-state index in [1.165, 1.54) is 0 Å². The summed E-state index contributed by atoms with van der Waals surface area (Å²) in [4.78, 5) is 14.9. The van der Waals surface area contributed by atoms with E-state index in [1.807, 2.05) is 66.7 Å². The third-order valence-electron chi connectivity index (χ3n) is 4.40. The van der Waals surface area contributed by atoms with Crippen molar-refractivity contribution in [2.45, 2.75) is 0 Å². The molecule has 28 heavy (non-hydrogen) atoms. The monoisotopic (exact) mass is 469 g/mol. The second kappa shape index (κ2) is 7.96. The van der Waals surface area contributed by atoms with Gasteiger partial charge in [-0.05, 0) is 53.6 Å². The molecule has 0 bridgehead atoms. The van der Waals surface area contributed by atoms with Crippen molar-refractivity contribution in [2.24, 2.45) is 0 Å². The van der Waals surface area contributed by atoms with Crippen LogP contribution in [0.2, 0.25) is 10.0 Å². The molecule has 0 saturated carbocycles. The number of halogens is 3. The molecule has 1 aliphatic heterocycles. The molecule has 138 valence electrons. The normalized spacial score (nSPS) is 15.2. The van der Waals surface area contributed by atoms with Crippen LogP contribution in [0.25, 0.3) is 11.8 Å². The zero-order valence-corrected chi connectivity index (χ0v) is 17.7. The lowest BCUT2D eigenvalue weighted by Gasteiger charge is -2.22. The molecule has 0 fully saturated rings. The molecular formula is C23H14BrCl2NO. The van der Waals surface area contributed by atoms with Crippen molar-refractivity contribution in [1.82, 2.24) is 0 Å².